The predicted molar refractivity (Wildman–Crippen MR) is 75.4 cm³/mol. The number of hydrogen-bond donors (Lipinski definition) is 1. The molecule has 0 spiro atoms. The number of anilines is 1. The highest BCUT2D eigenvalue weighted by atomic mass is 79.9. The summed E-state index contributed by atoms with van der Waals surface area (Å²) in [5, 5.41) is 4.09. The monoisotopic (exact) mass is 310 g/mol. The summed E-state index contributed by atoms with van der Waals surface area (Å²) in [6.45, 7) is 2.09. The lowest BCUT2D eigenvalue weighted by atomic mass is 10.1. The zero-order valence-electron chi connectivity index (χ0n) is 9.32. The van der Waals surface area contributed by atoms with Crippen LogP contribution in [0.4, 0.5) is 5.69 Å². The zero-order chi connectivity index (χ0) is 12.3. The second kappa shape index (κ2) is 5.52. The second-order valence-corrected chi connectivity index (χ2v) is 5.09. The molecule has 1 aromatic carbocycles. The number of pyridine rings is 1. The van der Waals surface area contributed by atoms with Crippen LogP contribution in [0.1, 0.15) is 18.5 Å². The van der Waals surface area contributed by atoms with Gasteiger partial charge in [0.2, 0.25) is 0 Å². The number of rotatable bonds is 3. The van der Waals surface area contributed by atoms with Crippen LogP contribution < -0.4 is 5.32 Å². The highest BCUT2D eigenvalue weighted by Crippen LogP contribution is 2.28. The van der Waals surface area contributed by atoms with Crippen LogP contribution in [0.15, 0.2) is 47.2 Å². The lowest BCUT2D eigenvalue weighted by Gasteiger charge is -2.16. The molecular weight excluding hydrogens is 300 g/mol. The smallest absolute Gasteiger partial charge is 0.0638 e. The summed E-state index contributed by atoms with van der Waals surface area (Å²) < 4.78 is 1.01. The first kappa shape index (κ1) is 12.4. The average Bonchev–Trinajstić information content (AvgIpc) is 2.35. The van der Waals surface area contributed by atoms with Gasteiger partial charge in [0.1, 0.15) is 0 Å². The first-order valence-electron chi connectivity index (χ1n) is 5.28. The van der Waals surface area contributed by atoms with Crippen molar-refractivity contribution in [1.82, 2.24) is 4.98 Å². The third-order valence-electron chi connectivity index (χ3n) is 2.51. The van der Waals surface area contributed by atoms with Crippen molar-refractivity contribution in [1.29, 1.82) is 0 Å². The van der Waals surface area contributed by atoms with Gasteiger partial charge in [-0.1, -0.05) is 27.5 Å². The quantitative estimate of drug-likeness (QED) is 0.891. The van der Waals surface area contributed by atoms with E-state index < -0.39 is 0 Å². The van der Waals surface area contributed by atoms with Gasteiger partial charge in [0.05, 0.1) is 10.7 Å². The molecule has 2 nitrogen and oxygen atoms in total. The SMILES string of the molecule is CC(Nc1cc(Br)ccc1Cl)c1ccncc1. The van der Waals surface area contributed by atoms with Gasteiger partial charge in [-0.2, -0.15) is 0 Å². The van der Waals surface area contributed by atoms with Crippen molar-refractivity contribution in [2.75, 3.05) is 5.32 Å². The van der Waals surface area contributed by atoms with Gasteiger partial charge in [0, 0.05) is 22.9 Å². The highest BCUT2D eigenvalue weighted by molar-refractivity contribution is 9.10. The Morgan fingerprint density at radius 1 is 1.24 bits per heavy atom. The maximum Gasteiger partial charge on any atom is 0.0638 e. The molecule has 88 valence electrons. The highest BCUT2D eigenvalue weighted by Gasteiger charge is 2.07. The maximum absolute atomic E-state index is 6.13. The van der Waals surface area contributed by atoms with E-state index in [2.05, 4.69) is 33.2 Å². The largest absolute Gasteiger partial charge is 0.377 e. The van der Waals surface area contributed by atoms with Crippen LogP contribution >= 0.6 is 27.5 Å². The van der Waals surface area contributed by atoms with Crippen molar-refractivity contribution in [2.45, 2.75) is 13.0 Å². The summed E-state index contributed by atoms with van der Waals surface area (Å²) in [6, 6.07) is 9.93. The Kier molecular flexibility index (Phi) is 4.02. The van der Waals surface area contributed by atoms with Crippen molar-refractivity contribution >= 4 is 33.2 Å². The minimum absolute atomic E-state index is 0.185. The normalized spacial score (nSPS) is 12.2. The van der Waals surface area contributed by atoms with Gasteiger partial charge in [-0.15, -0.1) is 0 Å². The third-order valence-corrected chi connectivity index (χ3v) is 3.33. The fourth-order valence-corrected chi connectivity index (χ4v) is 2.11. The minimum Gasteiger partial charge on any atom is -0.377 e. The molecule has 0 amide bonds. The molecule has 0 saturated carbocycles. The molecule has 2 aromatic rings. The summed E-state index contributed by atoms with van der Waals surface area (Å²) >= 11 is 9.57. The topological polar surface area (TPSA) is 24.9 Å². The molecule has 2 rings (SSSR count). The Morgan fingerprint density at radius 3 is 2.65 bits per heavy atom. The number of halogens is 2. The van der Waals surface area contributed by atoms with E-state index in [1.165, 1.54) is 5.56 Å². The molecule has 4 heteroatoms. The standard InChI is InChI=1S/C13H12BrClN2/c1-9(10-4-6-16-7-5-10)17-13-8-11(14)2-3-12(13)15/h2-9,17H,1H3. The minimum atomic E-state index is 0.185. The molecule has 1 atom stereocenters. The van der Waals surface area contributed by atoms with Gasteiger partial charge in [0.25, 0.3) is 0 Å². The number of benzene rings is 1. The Morgan fingerprint density at radius 2 is 1.94 bits per heavy atom. The van der Waals surface area contributed by atoms with E-state index in [9.17, 15) is 0 Å². The first-order chi connectivity index (χ1) is 8.16. The maximum atomic E-state index is 6.13. The van der Waals surface area contributed by atoms with Crippen molar-refractivity contribution in [3.8, 4) is 0 Å². The molecule has 1 unspecified atom stereocenters. The van der Waals surface area contributed by atoms with Crippen molar-refractivity contribution in [3.63, 3.8) is 0 Å². The Labute approximate surface area is 114 Å². The van der Waals surface area contributed by atoms with E-state index in [1.54, 1.807) is 12.4 Å². The van der Waals surface area contributed by atoms with Crippen LogP contribution in [0, 0.1) is 0 Å². The molecule has 1 heterocycles. The predicted octanol–water partition coefficient (Wildman–Crippen LogP) is 4.67. The molecule has 0 bridgehead atoms. The molecule has 1 N–H and O–H groups in total. The van der Waals surface area contributed by atoms with E-state index >= 15 is 0 Å². The third kappa shape index (κ3) is 3.20. The molecular formula is C13H12BrClN2. The van der Waals surface area contributed by atoms with Crippen LogP contribution in [0.25, 0.3) is 0 Å². The summed E-state index contributed by atoms with van der Waals surface area (Å²) in [6.07, 6.45) is 3.58. The molecule has 17 heavy (non-hydrogen) atoms. The van der Waals surface area contributed by atoms with Gasteiger partial charge in [-0.05, 0) is 42.8 Å². The van der Waals surface area contributed by atoms with E-state index in [1.807, 2.05) is 30.3 Å². The van der Waals surface area contributed by atoms with Crippen LogP contribution in [0.3, 0.4) is 0 Å². The first-order valence-corrected chi connectivity index (χ1v) is 6.45. The van der Waals surface area contributed by atoms with E-state index in [-0.39, 0.29) is 6.04 Å². The number of hydrogen-bond acceptors (Lipinski definition) is 2. The van der Waals surface area contributed by atoms with E-state index in [0.29, 0.717) is 5.02 Å². The van der Waals surface area contributed by atoms with E-state index in [4.69, 9.17) is 11.6 Å². The van der Waals surface area contributed by atoms with Crippen LogP contribution in [-0.2, 0) is 0 Å². The van der Waals surface area contributed by atoms with Crippen LogP contribution in [0.2, 0.25) is 5.02 Å². The molecule has 0 fully saturated rings. The van der Waals surface area contributed by atoms with Crippen molar-refractivity contribution in [3.05, 3.63) is 57.8 Å². The fourth-order valence-electron chi connectivity index (χ4n) is 1.58. The summed E-state index contributed by atoms with van der Waals surface area (Å²) in [5.41, 5.74) is 2.10. The Hall–Kier alpha value is -1.06. The van der Waals surface area contributed by atoms with Crippen LogP contribution in [-0.4, -0.2) is 4.98 Å². The van der Waals surface area contributed by atoms with Gasteiger partial charge >= 0.3 is 0 Å². The summed E-state index contributed by atoms with van der Waals surface area (Å²) in [7, 11) is 0. The zero-order valence-corrected chi connectivity index (χ0v) is 11.7. The Bertz CT molecular complexity index is 502. The van der Waals surface area contributed by atoms with Gasteiger partial charge in [0.15, 0.2) is 0 Å². The molecule has 0 aliphatic carbocycles. The second-order valence-electron chi connectivity index (χ2n) is 3.77. The van der Waals surface area contributed by atoms with Crippen molar-refractivity contribution in [2.24, 2.45) is 0 Å². The molecule has 0 aliphatic rings. The van der Waals surface area contributed by atoms with Gasteiger partial charge in [-0.25, -0.2) is 0 Å². The lowest BCUT2D eigenvalue weighted by Crippen LogP contribution is -2.06. The van der Waals surface area contributed by atoms with Crippen LogP contribution in [0.5, 0.6) is 0 Å². The lowest BCUT2D eigenvalue weighted by molar-refractivity contribution is 0.880. The van der Waals surface area contributed by atoms with E-state index in [0.717, 1.165) is 10.2 Å². The number of nitrogens with one attached hydrogen (secondary N) is 1. The molecule has 0 radical (unpaired) electrons. The number of nitrogens with zero attached hydrogens (tertiary/aromatic N) is 1. The van der Waals surface area contributed by atoms with Gasteiger partial charge < -0.3 is 5.32 Å². The number of aromatic nitrogens is 1. The van der Waals surface area contributed by atoms with Crippen molar-refractivity contribution < 1.29 is 0 Å². The average molecular weight is 312 g/mol. The fraction of sp³-hybridized carbons (Fsp3) is 0.154. The molecule has 0 saturated heterocycles. The Balaban J connectivity index is 2.18. The van der Waals surface area contributed by atoms with Gasteiger partial charge in [-0.3, -0.25) is 4.98 Å². The molecule has 1 aromatic heterocycles. The molecule has 0 aliphatic heterocycles. The summed E-state index contributed by atoms with van der Waals surface area (Å²) in [4.78, 5) is 4.01. The summed E-state index contributed by atoms with van der Waals surface area (Å²) in [5.74, 6) is 0.